The summed E-state index contributed by atoms with van der Waals surface area (Å²) in [5, 5.41) is 14.7. The Morgan fingerprint density at radius 1 is 1.20 bits per heavy atom. The van der Waals surface area contributed by atoms with Crippen LogP contribution in [0.4, 0.5) is 11.4 Å². The van der Waals surface area contributed by atoms with E-state index in [2.05, 4.69) is 14.9 Å². The quantitative estimate of drug-likeness (QED) is 0.461. The van der Waals surface area contributed by atoms with Gasteiger partial charge in [-0.2, -0.15) is 0 Å². The molecule has 0 unspecified atom stereocenters. The maximum absolute atomic E-state index is 12.0. The molecule has 0 bridgehead atoms. The zero-order chi connectivity index (χ0) is 21.7. The number of anilines is 1. The summed E-state index contributed by atoms with van der Waals surface area (Å²) in [6.45, 7) is 2.34. The number of nitro benzene ring substituents is 1. The second-order valence-electron chi connectivity index (χ2n) is 7.06. The van der Waals surface area contributed by atoms with Crippen molar-refractivity contribution in [1.82, 2.24) is 9.62 Å². The monoisotopic (exact) mass is 434 g/mol. The lowest BCUT2D eigenvalue weighted by Gasteiger charge is -2.28. The van der Waals surface area contributed by atoms with Crippen LogP contribution in [0.2, 0.25) is 0 Å². The molecule has 1 fully saturated rings. The number of nitro groups is 1. The predicted octanol–water partition coefficient (Wildman–Crippen LogP) is 2.76. The average Bonchev–Trinajstić information content (AvgIpc) is 3.28. The standard InChI is InChI=1S/C20H26N4O5S/c1-21-30(27,28)17-8-9-18(19(13-17)24(25)26)22-14-20(23-10-3-4-11-23)15-6-5-7-16(12-15)29-2/h5-9,12-13,20-22H,3-4,10-11,14H2,1-2H3/t20-/m0/s1. The summed E-state index contributed by atoms with van der Waals surface area (Å²) >= 11 is 0. The van der Waals surface area contributed by atoms with Gasteiger partial charge in [0.05, 0.1) is 23.0 Å². The zero-order valence-electron chi connectivity index (χ0n) is 17.0. The average molecular weight is 435 g/mol. The smallest absolute Gasteiger partial charge is 0.293 e. The summed E-state index contributed by atoms with van der Waals surface area (Å²) in [6, 6.07) is 11.7. The van der Waals surface area contributed by atoms with Gasteiger partial charge in [0.2, 0.25) is 10.0 Å². The fourth-order valence-corrected chi connectivity index (χ4v) is 4.41. The van der Waals surface area contributed by atoms with Crippen LogP contribution in [0, 0.1) is 10.1 Å². The first-order valence-electron chi connectivity index (χ1n) is 9.69. The molecule has 3 rings (SSSR count). The summed E-state index contributed by atoms with van der Waals surface area (Å²) in [7, 11) is -0.887. The third-order valence-corrected chi connectivity index (χ3v) is 6.70. The van der Waals surface area contributed by atoms with Gasteiger partial charge in [-0.15, -0.1) is 0 Å². The van der Waals surface area contributed by atoms with E-state index in [1.165, 1.54) is 19.2 Å². The molecular formula is C20H26N4O5S. The van der Waals surface area contributed by atoms with Crippen LogP contribution < -0.4 is 14.8 Å². The van der Waals surface area contributed by atoms with E-state index in [0.717, 1.165) is 43.3 Å². The van der Waals surface area contributed by atoms with Gasteiger partial charge in [0.25, 0.3) is 5.69 Å². The third-order valence-electron chi connectivity index (χ3n) is 5.29. The number of nitrogens with zero attached hydrogens (tertiary/aromatic N) is 2. The second-order valence-corrected chi connectivity index (χ2v) is 8.95. The van der Waals surface area contributed by atoms with Gasteiger partial charge < -0.3 is 10.1 Å². The molecule has 10 heteroatoms. The number of methoxy groups -OCH3 is 1. The van der Waals surface area contributed by atoms with Crippen LogP contribution in [0.3, 0.4) is 0 Å². The zero-order valence-corrected chi connectivity index (χ0v) is 17.8. The summed E-state index contributed by atoms with van der Waals surface area (Å²) in [5.41, 5.74) is 1.06. The first-order chi connectivity index (χ1) is 14.4. The van der Waals surface area contributed by atoms with Crippen LogP contribution in [0.5, 0.6) is 5.75 Å². The second kappa shape index (κ2) is 9.41. The van der Waals surface area contributed by atoms with Crippen LogP contribution >= 0.6 is 0 Å². The molecule has 1 atom stereocenters. The molecule has 2 aromatic carbocycles. The highest BCUT2D eigenvalue weighted by molar-refractivity contribution is 7.89. The third kappa shape index (κ3) is 4.89. The molecule has 30 heavy (non-hydrogen) atoms. The van der Waals surface area contributed by atoms with Crippen molar-refractivity contribution in [2.24, 2.45) is 0 Å². The molecule has 0 radical (unpaired) electrons. The highest BCUT2D eigenvalue weighted by atomic mass is 32.2. The number of likely N-dealkylation sites (tertiary alicyclic amines) is 1. The molecule has 0 aromatic heterocycles. The van der Waals surface area contributed by atoms with Gasteiger partial charge in [0.1, 0.15) is 11.4 Å². The Labute approximate surface area is 176 Å². The van der Waals surface area contributed by atoms with Crippen molar-refractivity contribution >= 4 is 21.4 Å². The largest absolute Gasteiger partial charge is 0.497 e. The molecule has 162 valence electrons. The van der Waals surface area contributed by atoms with Crippen molar-refractivity contribution in [1.29, 1.82) is 0 Å². The van der Waals surface area contributed by atoms with E-state index in [9.17, 15) is 18.5 Å². The van der Waals surface area contributed by atoms with Gasteiger partial charge in [-0.25, -0.2) is 13.1 Å². The number of nitrogens with one attached hydrogen (secondary N) is 2. The van der Waals surface area contributed by atoms with Crippen molar-refractivity contribution < 1.29 is 18.1 Å². The first kappa shape index (κ1) is 22.0. The summed E-state index contributed by atoms with van der Waals surface area (Å²) in [5.74, 6) is 0.754. The van der Waals surface area contributed by atoms with Crippen molar-refractivity contribution in [3.63, 3.8) is 0 Å². The molecule has 0 spiro atoms. The fourth-order valence-electron chi connectivity index (χ4n) is 3.66. The van der Waals surface area contributed by atoms with E-state index in [0.29, 0.717) is 6.54 Å². The first-order valence-corrected chi connectivity index (χ1v) is 11.2. The Balaban J connectivity index is 1.88. The number of ether oxygens (including phenoxy) is 1. The summed E-state index contributed by atoms with van der Waals surface area (Å²) < 4.78 is 31.5. The van der Waals surface area contributed by atoms with Gasteiger partial charge in [0.15, 0.2) is 0 Å². The molecule has 1 aliphatic heterocycles. The lowest BCUT2D eigenvalue weighted by atomic mass is 10.0. The normalized spacial score (nSPS) is 15.7. The van der Waals surface area contributed by atoms with Crippen LogP contribution in [0.15, 0.2) is 47.4 Å². The van der Waals surface area contributed by atoms with Gasteiger partial charge in [-0.1, -0.05) is 12.1 Å². The van der Waals surface area contributed by atoms with E-state index in [1.54, 1.807) is 7.11 Å². The Bertz CT molecular complexity index is 1010. The van der Waals surface area contributed by atoms with E-state index >= 15 is 0 Å². The van der Waals surface area contributed by atoms with Gasteiger partial charge in [-0.05, 0) is 62.8 Å². The van der Waals surface area contributed by atoms with Crippen LogP contribution in [-0.2, 0) is 10.0 Å². The fraction of sp³-hybridized carbons (Fsp3) is 0.400. The molecule has 1 aliphatic rings. The van der Waals surface area contributed by atoms with Crippen LogP contribution in [-0.4, -0.2) is 52.0 Å². The Kier molecular flexibility index (Phi) is 6.91. The van der Waals surface area contributed by atoms with Crippen molar-refractivity contribution in [3.8, 4) is 5.75 Å². The number of hydrogen-bond donors (Lipinski definition) is 2. The molecule has 0 aliphatic carbocycles. The van der Waals surface area contributed by atoms with E-state index < -0.39 is 14.9 Å². The van der Waals surface area contributed by atoms with Crippen molar-refractivity contribution in [2.45, 2.75) is 23.8 Å². The highest BCUT2D eigenvalue weighted by Gasteiger charge is 2.26. The number of rotatable bonds is 9. The molecular weight excluding hydrogens is 408 g/mol. The maximum atomic E-state index is 12.0. The predicted molar refractivity (Wildman–Crippen MR) is 114 cm³/mol. The van der Waals surface area contributed by atoms with E-state index in [4.69, 9.17) is 4.74 Å². The minimum Gasteiger partial charge on any atom is -0.497 e. The summed E-state index contributed by atoms with van der Waals surface area (Å²) in [4.78, 5) is 13.2. The molecule has 2 aromatic rings. The Morgan fingerprint density at radius 2 is 1.93 bits per heavy atom. The van der Waals surface area contributed by atoms with E-state index in [1.807, 2.05) is 24.3 Å². The molecule has 9 nitrogen and oxygen atoms in total. The lowest BCUT2D eigenvalue weighted by molar-refractivity contribution is -0.384. The minimum atomic E-state index is -3.77. The molecule has 2 N–H and O–H groups in total. The topological polar surface area (TPSA) is 114 Å². The van der Waals surface area contributed by atoms with Crippen LogP contribution in [0.25, 0.3) is 0 Å². The molecule has 0 saturated carbocycles. The number of sulfonamides is 1. The summed E-state index contributed by atoms with van der Waals surface area (Å²) in [6.07, 6.45) is 2.22. The Hall–Kier alpha value is -2.69. The highest BCUT2D eigenvalue weighted by Crippen LogP contribution is 2.31. The SMILES string of the molecule is CNS(=O)(=O)c1ccc(NC[C@@H](c2cccc(OC)c2)N2CCCC2)c([N+](=O)[O-])c1. The molecule has 1 saturated heterocycles. The van der Waals surface area contributed by atoms with Gasteiger partial charge in [-0.3, -0.25) is 15.0 Å². The van der Waals surface area contributed by atoms with Crippen molar-refractivity contribution in [3.05, 3.63) is 58.1 Å². The number of benzene rings is 2. The van der Waals surface area contributed by atoms with Gasteiger partial charge >= 0.3 is 0 Å². The van der Waals surface area contributed by atoms with E-state index in [-0.39, 0.29) is 22.3 Å². The van der Waals surface area contributed by atoms with Gasteiger partial charge in [0, 0.05) is 12.6 Å². The minimum absolute atomic E-state index is 0.00271. The Morgan fingerprint density at radius 3 is 2.57 bits per heavy atom. The lowest BCUT2D eigenvalue weighted by Crippen LogP contribution is -2.31. The number of hydrogen-bond acceptors (Lipinski definition) is 7. The molecule has 1 heterocycles. The maximum Gasteiger partial charge on any atom is 0.293 e. The van der Waals surface area contributed by atoms with Crippen molar-refractivity contribution in [2.75, 3.05) is 39.1 Å². The molecule has 0 amide bonds. The van der Waals surface area contributed by atoms with Crippen LogP contribution in [0.1, 0.15) is 24.4 Å².